The van der Waals surface area contributed by atoms with Gasteiger partial charge >= 0.3 is 0 Å². The van der Waals surface area contributed by atoms with Gasteiger partial charge in [0.25, 0.3) is 0 Å². The number of nitrogens with zero attached hydrogens (tertiary/aromatic N) is 1. The predicted octanol–water partition coefficient (Wildman–Crippen LogP) is 1.79. The van der Waals surface area contributed by atoms with Gasteiger partial charge in [0.15, 0.2) is 0 Å². The number of likely N-dealkylation sites (N-methyl/N-ethyl adjacent to an activating group) is 1. The lowest BCUT2D eigenvalue weighted by molar-refractivity contribution is 0.138. The van der Waals surface area contributed by atoms with Gasteiger partial charge in [-0.1, -0.05) is 26.0 Å². The summed E-state index contributed by atoms with van der Waals surface area (Å²) in [6.07, 6.45) is 0.893. The molecule has 0 saturated carbocycles. The fourth-order valence-electron chi connectivity index (χ4n) is 2.40. The monoisotopic (exact) mass is 266 g/mol. The van der Waals surface area contributed by atoms with E-state index in [1.54, 1.807) is 7.11 Å². The second-order valence-corrected chi connectivity index (χ2v) is 4.65. The SMILES string of the molecule is CCC(N)C(c1cccc(OC)c1)N(CC)CCO. The number of nitrogens with two attached hydrogens (primary N) is 1. The number of benzene rings is 1. The zero-order valence-corrected chi connectivity index (χ0v) is 12.2. The van der Waals surface area contributed by atoms with Crippen molar-refractivity contribution in [3.05, 3.63) is 29.8 Å². The predicted molar refractivity (Wildman–Crippen MR) is 78.3 cm³/mol. The molecule has 0 aliphatic heterocycles. The molecule has 0 aromatic heterocycles. The smallest absolute Gasteiger partial charge is 0.119 e. The second-order valence-electron chi connectivity index (χ2n) is 4.65. The van der Waals surface area contributed by atoms with Gasteiger partial charge in [0.2, 0.25) is 0 Å². The lowest BCUT2D eigenvalue weighted by Gasteiger charge is -2.34. The molecule has 2 unspecified atom stereocenters. The molecular weight excluding hydrogens is 240 g/mol. The van der Waals surface area contributed by atoms with E-state index in [4.69, 9.17) is 10.5 Å². The molecule has 19 heavy (non-hydrogen) atoms. The van der Waals surface area contributed by atoms with Crippen molar-refractivity contribution in [1.82, 2.24) is 4.90 Å². The number of ether oxygens (including phenoxy) is 1. The Hall–Kier alpha value is -1.10. The van der Waals surface area contributed by atoms with E-state index in [9.17, 15) is 5.11 Å². The third kappa shape index (κ3) is 4.20. The molecule has 4 heteroatoms. The van der Waals surface area contributed by atoms with Crippen LogP contribution in [-0.2, 0) is 0 Å². The van der Waals surface area contributed by atoms with E-state index in [2.05, 4.69) is 24.8 Å². The Morgan fingerprint density at radius 1 is 1.37 bits per heavy atom. The lowest BCUT2D eigenvalue weighted by atomic mass is 9.96. The summed E-state index contributed by atoms with van der Waals surface area (Å²) in [6.45, 7) is 5.81. The molecule has 1 aromatic carbocycles. The van der Waals surface area contributed by atoms with Crippen molar-refractivity contribution in [2.45, 2.75) is 32.4 Å². The Bertz CT molecular complexity index is 371. The quantitative estimate of drug-likeness (QED) is 0.753. The van der Waals surface area contributed by atoms with E-state index in [1.807, 2.05) is 18.2 Å². The molecule has 108 valence electrons. The molecule has 0 saturated heterocycles. The van der Waals surface area contributed by atoms with Crippen molar-refractivity contribution in [2.24, 2.45) is 5.73 Å². The molecule has 0 aliphatic carbocycles. The van der Waals surface area contributed by atoms with Crippen molar-refractivity contribution in [1.29, 1.82) is 0 Å². The summed E-state index contributed by atoms with van der Waals surface area (Å²) in [5.74, 6) is 0.839. The van der Waals surface area contributed by atoms with Crippen molar-refractivity contribution >= 4 is 0 Å². The molecule has 3 N–H and O–H groups in total. The fourth-order valence-corrected chi connectivity index (χ4v) is 2.40. The molecule has 0 heterocycles. The first kappa shape index (κ1) is 16.0. The Balaban J connectivity index is 3.06. The fraction of sp³-hybridized carbons (Fsp3) is 0.600. The van der Waals surface area contributed by atoms with Gasteiger partial charge in [0, 0.05) is 12.6 Å². The normalized spacial score (nSPS) is 14.4. The summed E-state index contributed by atoms with van der Waals surface area (Å²) in [5.41, 5.74) is 7.43. The molecule has 0 fully saturated rings. The number of hydrogen-bond donors (Lipinski definition) is 2. The third-order valence-corrected chi connectivity index (χ3v) is 3.50. The number of methoxy groups -OCH3 is 1. The highest BCUT2D eigenvalue weighted by Crippen LogP contribution is 2.27. The highest BCUT2D eigenvalue weighted by atomic mass is 16.5. The van der Waals surface area contributed by atoms with Crippen LogP contribution in [0.15, 0.2) is 24.3 Å². The minimum Gasteiger partial charge on any atom is -0.497 e. The second kappa shape index (κ2) is 8.15. The number of aliphatic hydroxyl groups is 1. The molecule has 1 aromatic rings. The van der Waals surface area contributed by atoms with Crippen LogP contribution in [0, 0.1) is 0 Å². The van der Waals surface area contributed by atoms with Gasteiger partial charge < -0.3 is 15.6 Å². The first-order chi connectivity index (χ1) is 9.17. The van der Waals surface area contributed by atoms with E-state index in [-0.39, 0.29) is 18.7 Å². The van der Waals surface area contributed by atoms with E-state index in [0.29, 0.717) is 6.54 Å². The Labute approximate surface area is 116 Å². The first-order valence-electron chi connectivity index (χ1n) is 6.92. The maximum Gasteiger partial charge on any atom is 0.119 e. The summed E-state index contributed by atoms with van der Waals surface area (Å²) >= 11 is 0. The first-order valence-corrected chi connectivity index (χ1v) is 6.92. The van der Waals surface area contributed by atoms with Gasteiger partial charge in [0.1, 0.15) is 5.75 Å². The highest BCUT2D eigenvalue weighted by molar-refractivity contribution is 5.31. The maximum absolute atomic E-state index is 9.21. The Kier molecular flexibility index (Phi) is 6.84. The summed E-state index contributed by atoms with van der Waals surface area (Å²) < 4.78 is 5.28. The van der Waals surface area contributed by atoms with E-state index in [1.165, 1.54) is 0 Å². The zero-order chi connectivity index (χ0) is 14.3. The van der Waals surface area contributed by atoms with E-state index < -0.39 is 0 Å². The van der Waals surface area contributed by atoms with Crippen LogP contribution in [0.2, 0.25) is 0 Å². The molecule has 0 aliphatic rings. The van der Waals surface area contributed by atoms with Crippen LogP contribution in [0.1, 0.15) is 31.9 Å². The van der Waals surface area contributed by atoms with Crippen LogP contribution in [-0.4, -0.2) is 42.9 Å². The van der Waals surface area contributed by atoms with Gasteiger partial charge in [-0.05, 0) is 30.7 Å². The third-order valence-electron chi connectivity index (χ3n) is 3.50. The van der Waals surface area contributed by atoms with Crippen LogP contribution >= 0.6 is 0 Å². The molecule has 0 spiro atoms. The molecule has 1 rings (SSSR count). The van der Waals surface area contributed by atoms with Gasteiger partial charge in [-0.25, -0.2) is 0 Å². The van der Waals surface area contributed by atoms with Gasteiger partial charge in [-0.3, -0.25) is 4.90 Å². The summed E-state index contributed by atoms with van der Waals surface area (Å²) in [4.78, 5) is 2.21. The van der Waals surface area contributed by atoms with Crippen molar-refractivity contribution < 1.29 is 9.84 Å². The minimum absolute atomic E-state index is 0.0404. The van der Waals surface area contributed by atoms with Crippen molar-refractivity contribution in [2.75, 3.05) is 26.8 Å². The largest absolute Gasteiger partial charge is 0.497 e. The van der Waals surface area contributed by atoms with E-state index >= 15 is 0 Å². The standard InChI is InChI=1S/C15H26N2O2/c1-4-14(16)15(17(5-2)9-10-18)12-7-6-8-13(11-12)19-3/h6-8,11,14-15,18H,4-5,9-10,16H2,1-3H3. The van der Waals surface area contributed by atoms with Crippen LogP contribution in [0.4, 0.5) is 0 Å². The van der Waals surface area contributed by atoms with Crippen molar-refractivity contribution in [3.63, 3.8) is 0 Å². The van der Waals surface area contributed by atoms with Gasteiger partial charge in [-0.15, -0.1) is 0 Å². The van der Waals surface area contributed by atoms with E-state index in [0.717, 1.165) is 24.3 Å². The highest BCUT2D eigenvalue weighted by Gasteiger charge is 2.24. The van der Waals surface area contributed by atoms with Gasteiger partial charge in [-0.2, -0.15) is 0 Å². The lowest BCUT2D eigenvalue weighted by Crippen LogP contribution is -2.42. The molecule has 4 nitrogen and oxygen atoms in total. The summed E-state index contributed by atoms with van der Waals surface area (Å²) in [7, 11) is 1.67. The minimum atomic E-state index is 0.0404. The summed E-state index contributed by atoms with van der Waals surface area (Å²) in [6, 6.07) is 8.16. The molecular formula is C15H26N2O2. The van der Waals surface area contributed by atoms with Crippen LogP contribution in [0.3, 0.4) is 0 Å². The molecule has 0 amide bonds. The topological polar surface area (TPSA) is 58.7 Å². The van der Waals surface area contributed by atoms with Crippen LogP contribution in [0.25, 0.3) is 0 Å². The number of aliphatic hydroxyl groups excluding tert-OH is 1. The zero-order valence-electron chi connectivity index (χ0n) is 12.2. The van der Waals surface area contributed by atoms with Crippen molar-refractivity contribution in [3.8, 4) is 5.75 Å². The number of hydrogen-bond acceptors (Lipinski definition) is 4. The molecule has 0 radical (unpaired) electrons. The van der Waals surface area contributed by atoms with Crippen LogP contribution in [0.5, 0.6) is 5.75 Å². The maximum atomic E-state index is 9.21. The van der Waals surface area contributed by atoms with Gasteiger partial charge in [0.05, 0.1) is 19.8 Å². The van der Waals surface area contributed by atoms with Crippen LogP contribution < -0.4 is 10.5 Å². The average Bonchev–Trinajstić information content (AvgIpc) is 2.46. The Morgan fingerprint density at radius 3 is 2.63 bits per heavy atom. The number of rotatable bonds is 8. The average molecular weight is 266 g/mol. The molecule has 0 bridgehead atoms. The Morgan fingerprint density at radius 2 is 2.11 bits per heavy atom. The summed E-state index contributed by atoms with van der Waals surface area (Å²) in [5, 5.41) is 9.21. The molecule has 2 atom stereocenters.